The van der Waals surface area contributed by atoms with Crippen LogP contribution in [-0.2, 0) is 12.8 Å². The second kappa shape index (κ2) is 9.50. The van der Waals surface area contributed by atoms with Gasteiger partial charge in [0.1, 0.15) is 35.4 Å². The van der Waals surface area contributed by atoms with Gasteiger partial charge in [0.15, 0.2) is 0 Å². The summed E-state index contributed by atoms with van der Waals surface area (Å²) >= 11 is 1.69. The molecule has 4 aromatic rings. The van der Waals surface area contributed by atoms with E-state index in [9.17, 15) is 4.79 Å². The molecule has 0 saturated carbocycles. The number of H-pyrrole nitrogens is 1. The lowest BCUT2D eigenvalue weighted by molar-refractivity contribution is 0.217. The summed E-state index contributed by atoms with van der Waals surface area (Å²) in [7, 11) is 0. The first kappa shape index (κ1) is 23.6. The van der Waals surface area contributed by atoms with E-state index in [-0.39, 0.29) is 11.0 Å². The zero-order valence-electron chi connectivity index (χ0n) is 20.8. The molecule has 1 N–H and O–H groups in total. The van der Waals surface area contributed by atoms with Crippen molar-refractivity contribution in [3.63, 3.8) is 0 Å². The van der Waals surface area contributed by atoms with E-state index in [1.165, 1.54) is 16.0 Å². The van der Waals surface area contributed by atoms with Gasteiger partial charge in [0.2, 0.25) is 0 Å². The summed E-state index contributed by atoms with van der Waals surface area (Å²) in [5, 5.41) is 0.787. The van der Waals surface area contributed by atoms with Crippen LogP contribution >= 0.6 is 11.3 Å². The molecular formula is C29H32N2O3S. The Kier molecular flexibility index (Phi) is 6.41. The Bertz CT molecular complexity index is 1400. The molecule has 1 aliphatic rings. The fourth-order valence-corrected chi connectivity index (χ4v) is 6.09. The lowest BCUT2D eigenvalue weighted by Gasteiger charge is -2.33. The number of hydrogen-bond acceptors (Lipinski definition) is 5. The van der Waals surface area contributed by atoms with Crippen molar-refractivity contribution in [3.05, 3.63) is 74.9 Å². The molecule has 35 heavy (non-hydrogen) atoms. The fourth-order valence-electron chi connectivity index (χ4n) is 4.79. The number of nitrogens with zero attached hydrogens (tertiary/aromatic N) is 1. The molecule has 2 aromatic heterocycles. The van der Waals surface area contributed by atoms with Crippen molar-refractivity contribution < 1.29 is 9.47 Å². The Hall–Kier alpha value is -3.12. The lowest BCUT2D eigenvalue weighted by Crippen LogP contribution is -2.26. The molecule has 1 aliphatic carbocycles. The lowest BCUT2D eigenvalue weighted by atomic mass is 9.72. The normalized spacial score (nSPS) is 15.7. The van der Waals surface area contributed by atoms with Crippen LogP contribution < -0.4 is 15.0 Å². The minimum absolute atomic E-state index is 0.0367. The molecule has 5 nitrogen and oxygen atoms in total. The van der Waals surface area contributed by atoms with E-state index < -0.39 is 0 Å². The predicted molar refractivity (Wildman–Crippen MR) is 143 cm³/mol. The number of aromatic nitrogens is 2. The Balaban J connectivity index is 1.27. The van der Waals surface area contributed by atoms with E-state index >= 15 is 0 Å². The summed E-state index contributed by atoms with van der Waals surface area (Å²) in [4.78, 5) is 23.1. The number of nitrogens with one attached hydrogen (secondary N) is 1. The number of hydrogen-bond donors (Lipinski definition) is 1. The van der Waals surface area contributed by atoms with Crippen LogP contribution in [0.4, 0.5) is 0 Å². The average Bonchev–Trinajstić information content (AvgIpc) is 3.20. The number of aromatic amines is 1. The van der Waals surface area contributed by atoms with Gasteiger partial charge in [-0.3, -0.25) is 4.79 Å². The summed E-state index contributed by atoms with van der Waals surface area (Å²) in [6.07, 6.45) is 3.12. The number of benzene rings is 2. The Morgan fingerprint density at radius 2 is 1.80 bits per heavy atom. The van der Waals surface area contributed by atoms with Crippen LogP contribution in [0, 0.1) is 18.3 Å². The van der Waals surface area contributed by atoms with Gasteiger partial charge >= 0.3 is 0 Å². The quantitative estimate of drug-likeness (QED) is 0.312. The first-order valence-corrected chi connectivity index (χ1v) is 13.1. The number of fused-ring (bicyclic) bond motifs is 3. The predicted octanol–water partition coefficient (Wildman–Crippen LogP) is 6.57. The van der Waals surface area contributed by atoms with E-state index in [0.29, 0.717) is 25.0 Å². The van der Waals surface area contributed by atoms with Gasteiger partial charge in [0.05, 0.1) is 5.39 Å². The highest BCUT2D eigenvalue weighted by atomic mass is 32.1. The zero-order chi connectivity index (χ0) is 24.6. The average molecular weight is 489 g/mol. The van der Waals surface area contributed by atoms with Gasteiger partial charge in [-0.1, -0.05) is 32.9 Å². The van der Waals surface area contributed by atoms with E-state index in [4.69, 9.17) is 14.5 Å². The van der Waals surface area contributed by atoms with Crippen molar-refractivity contribution in [1.82, 2.24) is 9.97 Å². The Morgan fingerprint density at radius 3 is 2.51 bits per heavy atom. The van der Waals surface area contributed by atoms with Crippen LogP contribution in [0.5, 0.6) is 11.5 Å². The molecule has 0 amide bonds. The zero-order valence-corrected chi connectivity index (χ0v) is 21.6. The molecule has 0 radical (unpaired) electrons. The van der Waals surface area contributed by atoms with Crippen molar-refractivity contribution in [2.24, 2.45) is 11.3 Å². The molecule has 0 saturated heterocycles. The van der Waals surface area contributed by atoms with Crippen molar-refractivity contribution in [3.8, 4) is 22.9 Å². The minimum Gasteiger partial charge on any atom is -0.490 e. The molecule has 1 unspecified atom stereocenters. The van der Waals surface area contributed by atoms with Gasteiger partial charge in [-0.25, -0.2) is 4.98 Å². The van der Waals surface area contributed by atoms with Crippen LogP contribution in [0.15, 0.2) is 53.3 Å². The topological polar surface area (TPSA) is 64.2 Å². The third-order valence-corrected chi connectivity index (χ3v) is 8.03. The molecule has 182 valence electrons. The van der Waals surface area contributed by atoms with Crippen LogP contribution in [-0.4, -0.2) is 23.2 Å². The SMILES string of the molecule is Cc1cccc(OCCOc2ccc(-c3nc4sc5c(c4c(=O)[nH]3)CCC(C(C)(C)C)C5)cc2)c1. The van der Waals surface area contributed by atoms with E-state index in [0.717, 1.165) is 46.5 Å². The van der Waals surface area contributed by atoms with Gasteiger partial charge in [0, 0.05) is 10.4 Å². The molecule has 0 bridgehead atoms. The Labute approximate surface area is 210 Å². The van der Waals surface area contributed by atoms with Crippen LogP contribution in [0.3, 0.4) is 0 Å². The minimum atomic E-state index is -0.0367. The van der Waals surface area contributed by atoms with Gasteiger partial charge < -0.3 is 14.5 Å². The van der Waals surface area contributed by atoms with Crippen LogP contribution in [0.25, 0.3) is 21.6 Å². The third-order valence-electron chi connectivity index (χ3n) is 6.88. The van der Waals surface area contributed by atoms with Gasteiger partial charge in [0.25, 0.3) is 5.56 Å². The highest BCUT2D eigenvalue weighted by molar-refractivity contribution is 7.18. The second-order valence-corrected chi connectivity index (χ2v) is 11.5. The summed E-state index contributed by atoms with van der Waals surface area (Å²) in [6.45, 7) is 9.89. The van der Waals surface area contributed by atoms with Gasteiger partial charge in [-0.2, -0.15) is 0 Å². The molecule has 0 spiro atoms. The summed E-state index contributed by atoms with van der Waals surface area (Å²) in [5.74, 6) is 2.84. The number of aryl methyl sites for hydroxylation is 2. The molecule has 0 fully saturated rings. The van der Waals surface area contributed by atoms with E-state index in [1.54, 1.807) is 11.3 Å². The van der Waals surface area contributed by atoms with E-state index in [1.807, 2.05) is 55.5 Å². The second-order valence-electron chi connectivity index (χ2n) is 10.4. The Morgan fingerprint density at radius 1 is 1.06 bits per heavy atom. The van der Waals surface area contributed by atoms with Crippen molar-refractivity contribution in [2.75, 3.05) is 13.2 Å². The van der Waals surface area contributed by atoms with Crippen molar-refractivity contribution in [1.29, 1.82) is 0 Å². The largest absolute Gasteiger partial charge is 0.490 e. The number of rotatable bonds is 6. The fraction of sp³-hybridized carbons (Fsp3) is 0.379. The molecule has 2 aromatic carbocycles. The molecule has 0 aliphatic heterocycles. The summed E-state index contributed by atoms with van der Waals surface area (Å²) < 4.78 is 11.6. The monoisotopic (exact) mass is 488 g/mol. The molecule has 2 heterocycles. The third kappa shape index (κ3) is 5.13. The maximum absolute atomic E-state index is 13.0. The van der Waals surface area contributed by atoms with Crippen LogP contribution in [0.1, 0.15) is 43.2 Å². The maximum atomic E-state index is 13.0. The van der Waals surface area contributed by atoms with Crippen molar-refractivity contribution >= 4 is 21.6 Å². The first-order chi connectivity index (χ1) is 16.8. The molecule has 5 rings (SSSR count). The molecule has 6 heteroatoms. The summed E-state index contributed by atoms with van der Waals surface area (Å²) in [6, 6.07) is 15.6. The summed E-state index contributed by atoms with van der Waals surface area (Å²) in [5.41, 5.74) is 3.48. The number of ether oxygens (including phenoxy) is 2. The number of thiophene rings is 1. The smallest absolute Gasteiger partial charge is 0.260 e. The van der Waals surface area contributed by atoms with Crippen LogP contribution in [0.2, 0.25) is 0 Å². The highest BCUT2D eigenvalue weighted by Crippen LogP contribution is 2.42. The maximum Gasteiger partial charge on any atom is 0.260 e. The van der Waals surface area contributed by atoms with Gasteiger partial charge in [-0.05, 0) is 85.0 Å². The first-order valence-electron chi connectivity index (χ1n) is 12.3. The van der Waals surface area contributed by atoms with Crippen molar-refractivity contribution in [2.45, 2.75) is 47.0 Å². The van der Waals surface area contributed by atoms with Gasteiger partial charge in [-0.15, -0.1) is 11.3 Å². The van der Waals surface area contributed by atoms with E-state index in [2.05, 4.69) is 25.8 Å². The highest BCUT2D eigenvalue weighted by Gasteiger charge is 2.31. The standard InChI is InChI=1S/C29H32N2O3S/c1-18-6-5-7-22(16-18)34-15-14-33-21-11-8-19(9-12-21)26-30-27(32)25-23-13-10-20(29(2,3)4)17-24(23)35-28(25)31-26/h5-9,11-12,16,20H,10,13-15,17H2,1-4H3,(H,30,31,32). The molecular weight excluding hydrogens is 456 g/mol. The molecule has 1 atom stereocenters.